The third-order valence-electron chi connectivity index (χ3n) is 2.41. The Balaban J connectivity index is 2.42. The van der Waals surface area contributed by atoms with Gasteiger partial charge in [0.05, 0.1) is 16.9 Å². The summed E-state index contributed by atoms with van der Waals surface area (Å²) < 4.78 is 25.9. The van der Waals surface area contributed by atoms with Crippen LogP contribution in [0.5, 0.6) is 5.75 Å². The zero-order chi connectivity index (χ0) is 13.3. The lowest BCUT2D eigenvalue weighted by Gasteiger charge is -2.18. The fourth-order valence-corrected chi connectivity index (χ4v) is 3.89. The fourth-order valence-electron chi connectivity index (χ4n) is 1.42. The predicted octanol–water partition coefficient (Wildman–Crippen LogP) is 1.98. The monoisotopic (exact) mass is 284 g/mol. The van der Waals surface area contributed by atoms with Crippen LogP contribution in [0.4, 0.5) is 5.69 Å². The van der Waals surface area contributed by atoms with Crippen molar-refractivity contribution in [2.75, 3.05) is 11.4 Å². The Morgan fingerprint density at radius 3 is 2.67 bits per heavy atom. The first-order chi connectivity index (χ1) is 8.41. The first kappa shape index (κ1) is 12.8. The zero-order valence-corrected chi connectivity index (χ0v) is 11.5. The quantitative estimate of drug-likeness (QED) is 0.935. The lowest BCUT2D eigenvalue weighted by Crippen LogP contribution is -2.25. The number of benzene rings is 1. The van der Waals surface area contributed by atoms with Gasteiger partial charge in [-0.15, -0.1) is 11.3 Å². The average molecular weight is 284 g/mol. The van der Waals surface area contributed by atoms with E-state index in [1.54, 1.807) is 19.1 Å². The van der Waals surface area contributed by atoms with E-state index in [0.29, 0.717) is 10.7 Å². The predicted molar refractivity (Wildman–Crippen MR) is 70.5 cm³/mol. The van der Waals surface area contributed by atoms with Crippen molar-refractivity contribution in [3.63, 3.8) is 0 Å². The first-order valence-electron chi connectivity index (χ1n) is 5.11. The van der Waals surface area contributed by atoms with Crippen molar-refractivity contribution < 1.29 is 13.5 Å². The number of rotatable bonds is 3. The topological polar surface area (TPSA) is 70.5 Å². The summed E-state index contributed by atoms with van der Waals surface area (Å²) >= 11 is 1.12. The normalized spacial score (nSPS) is 11.4. The highest BCUT2D eigenvalue weighted by Gasteiger charge is 2.23. The summed E-state index contributed by atoms with van der Waals surface area (Å²) in [7, 11) is -2.17. The molecule has 0 spiro atoms. The standard InChI is InChI=1S/C11H12N2O3S2/c1-8-12-7-11(17-8)18(15,16)13(2)9-4-3-5-10(14)6-9/h3-7,14H,1-2H3. The van der Waals surface area contributed by atoms with Crippen LogP contribution in [0.3, 0.4) is 0 Å². The van der Waals surface area contributed by atoms with Crippen LogP contribution >= 0.6 is 11.3 Å². The number of hydrogen-bond acceptors (Lipinski definition) is 5. The Bertz CT molecular complexity index is 664. The number of sulfonamides is 1. The van der Waals surface area contributed by atoms with Gasteiger partial charge in [-0.05, 0) is 19.1 Å². The number of thiazole rings is 1. The summed E-state index contributed by atoms with van der Waals surface area (Å²) in [6, 6.07) is 6.09. The molecule has 0 saturated heterocycles. The number of aromatic hydroxyl groups is 1. The van der Waals surface area contributed by atoms with Gasteiger partial charge >= 0.3 is 0 Å². The van der Waals surface area contributed by atoms with Crippen LogP contribution < -0.4 is 4.31 Å². The molecule has 0 amide bonds. The van der Waals surface area contributed by atoms with E-state index in [1.165, 1.54) is 25.4 Å². The van der Waals surface area contributed by atoms with Gasteiger partial charge < -0.3 is 5.11 Å². The molecule has 0 radical (unpaired) electrons. The van der Waals surface area contributed by atoms with Crippen LogP contribution in [-0.4, -0.2) is 25.6 Å². The maximum Gasteiger partial charge on any atom is 0.275 e. The molecule has 5 nitrogen and oxygen atoms in total. The van der Waals surface area contributed by atoms with Gasteiger partial charge in [0.15, 0.2) is 4.21 Å². The van der Waals surface area contributed by atoms with E-state index < -0.39 is 10.0 Å². The Morgan fingerprint density at radius 1 is 1.39 bits per heavy atom. The highest BCUT2D eigenvalue weighted by molar-refractivity contribution is 7.94. The molecule has 0 saturated carbocycles. The maximum atomic E-state index is 12.3. The second-order valence-electron chi connectivity index (χ2n) is 3.69. The average Bonchev–Trinajstić information content (AvgIpc) is 2.75. The zero-order valence-electron chi connectivity index (χ0n) is 9.86. The van der Waals surface area contributed by atoms with Crippen LogP contribution in [0.15, 0.2) is 34.7 Å². The van der Waals surface area contributed by atoms with E-state index in [-0.39, 0.29) is 9.96 Å². The van der Waals surface area contributed by atoms with E-state index in [0.717, 1.165) is 15.6 Å². The molecule has 1 N–H and O–H groups in total. The molecule has 18 heavy (non-hydrogen) atoms. The van der Waals surface area contributed by atoms with Gasteiger partial charge in [-0.2, -0.15) is 0 Å². The van der Waals surface area contributed by atoms with E-state index in [9.17, 15) is 13.5 Å². The van der Waals surface area contributed by atoms with Gasteiger partial charge in [0.1, 0.15) is 5.75 Å². The Labute approximate surface area is 109 Å². The Morgan fingerprint density at radius 2 is 2.11 bits per heavy atom. The second-order valence-corrected chi connectivity index (χ2v) is 7.12. The molecule has 0 bridgehead atoms. The van der Waals surface area contributed by atoms with Crippen LogP contribution in [0.2, 0.25) is 0 Å². The van der Waals surface area contributed by atoms with E-state index in [4.69, 9.17) is 0 Å². The molecular formula is C11H12N2O3S2. The molecular weight excluding hydrogens is 272 g/mol. The Hall–Kier alpha value is -1.60. The molecule has 0 atom stereocenters. The minimum absolute atomic E-state index is 0.0232. The lowest BCUT2D eigenvalue weighted by molar-refractivity contribution is 0.475. The number of nitrogens with zero attached hydrogens (tertiary/aromatic N) is 2. The molecule has 0 unspecified atom stereocenters. The van der Waals surface area contributed by atoms with Gasteiger partial charge in [0, 0.05) is 13.1 Å². The van der Waals surface area contributed by atoms with Gasteiger partial charge in [0.2, 0.25) is 0 Å². The molecule has 7 heteroatoms. The highest BCUT2D eigenvalue weighted by atomic mass is 32.2. The van der Waals surface area contributed by atoms with Crippen molar-refractivity contribution in [1.82, 2.24) is 4.98 Å². The highest BCUT2D eigenvalue weighted by Crippen LogP contribution is 2.27. The third kappa shape index (κ3) is 2.32. The summed E-state index contributed by atoms with van der Waals surface area (Å²) in [5.41, 5.74) is 0.404. The molecule has 0 aliphatic heterocycles. The molecule has 0 aliphatic rings. The smallest absolute Gasteiger partial charge is 0.275 e. The van der Waals surface area contributed by atoms with Crippen molar-refractivity contribution in [3.8, 4) is 5.75 Å². The van der Waals surface area contributed by atoms with Gasteiger partial charge in [0.25, 0.3) is 10.0 Å². The molecule has 1 aromatic carbocycles. The minimum Gasteiger partial charge on any atom is -0.508 e. The minimum atomic E-state index is -3.61. The van der Waals surface area contributed by atoms with Crippen molar-refractivity contribution in [3.05, 3.63) is 35.5 Å². The summed E-state index contributed by atoms with van der Waals surface area (Å²) in [4.78, 5) is 3.94. The van der Waals surface area contributed by atoms with Crippen LogP contribution in [0.25, 0.3) is 0 Å². The first-order valence-corrected chi connectivity index (χ1v) is 7.37. The van der Waals surface area contributed by atoms with Crippen LogP contribution in [-0.2, 0) is 10.0 Å². The van der Waals surface area contributed by atoms with Crippen molar-refractivity contribution in [2.24, 2.45) is 0 Å². The number of hydrogen-bond donors (Lipinski definition) is 1. The number of anilines is 1. The van der Waals surface area contributed by atoms with Crippen LogP contribution in [0, 0.1) is 6.92 Å². The maximum absolute atomic E-state index is 12.3. The molecule has 0 fully saturated rings. The molecule has 2 aromatic rings. The SMILES string of the molecule is Cc1ncc(S(=O)(=O)N(C)c2cccc(O)c2)s1. The summed E-state index contributed by atoms with van der Waals surface area (Å²) in [5.74, 6) is 0.0232. The van der Waals surface area contributed by atoms with Gasteiger partial charge in [-0.3, -0.25) is 4.31 Å². The molecule has 0 aliphatic carbocycles. The molecule has 1 heterocycles. The van der Waals surface area contributed by atoms with Gasteiger partial charge in [-0.25, -0.2) is 13.4 Å². The van der Waals surface area contributed by atoms with Crippen molar-refractivity contribution >= 4 is 27.0 Å². The second kappa shape index (κ2) is 4.58. The lowest BCUT2D eigenvalue weighted by atomic mass is 10.3. The molecule has 1 aromatic heterocycles. The Kier molecular flexibility index (Phi) is 3.27. The largest absolute Gasteiger partial charge is 0.508 e. The van der Waals surface area contributed by atoms with E-state index in [2.05, 4.69) is 4.98 Å². The number of phenols is 1. The molecule has 2 rings (SSSR count). The summed E-state index contributed by atoms with van der Waals surface area (Å²) in [5, 5.41) is 10.1. The summed E-state index contributed by atoms with van der Waals surface area (Å²) in [6.45, 7) is 1.75. The third-order valence-corrected chi connectivity index (χ3v) is 5.54. The fraction of sp³-hybridized carbons (Fsp3) is 0.182. The van der Waals surface area contributed by atoms with Gasteiger partial charge in [-0.1, -0.05) is 6.07 Å². The number of aryl methyl sites for hydroxylation is 1. The van der Waals surface area contributed by atoms with Crippen molar-refractivity contribution in [1.29, 1.82) is 0 Å². The number of phenolic OH excluding ortho intramolecular Hbond substituents is 1. The number of aromatic nitrogens is 1. The van der Waals surface area contributed by atoms with Crippen LogP contribution in [0.1, 0.15) is 5.01 Å². The van der Waals surface area contributed by atoms with E-state index >= 15 is 0 Å². The van der Waals surface area contributed by atoms with E-state index in [1.807, 2.05) is 0 Å². The molecule has 96 valence electrons. The van der Waals surface area contributed by atoms with Crippen molar-refractivity contribution in [2.45, 2.75) is 11.1 Å². The summed E-state index contributed by atoms with van der Waals surface area (Å²) in [6.07, 6.45) is 1.34.